The van der Waals surface area contributed by atoms with Crippen molar-refractivity contribution in [2.75, 3.05) is 18.1 Å². The Hall–Kier alpha value is -1.68. The first kappa shape index (κ1) is 15.3. The predicted octanol–water partition coefficient (Wildman–Crippen LogP) is 0.0434. The van der Waals surface area contributed by atoms with Crippen LogP contribution in [-0.2, 0) is 9.59 Å². The van der Waals surface area contributed by atoms with Crippen LogP contribution in [0.25, 0.3) is 0 Å². The molecule has 3 amide bonds. The fourth-order valence-corrected chi connectivity index (χ4v) is 1.33. The molecule has 0 saturated heterocycles. The maximum atomic E-state index is 11.1. The number of carbonyl (C=O) groups excluding carboxylic acids is 2. The second-order valence-electron chi connectivity index (χ2n) is 2.95. The zero-order chi connectivity index (χ0) is 13.1. The summed E-state index contributed by atoms with van der Waals surface area (Å²) in [6, 6.07) is -0.623. The van der Waals surface area contributed by atoms with Crippen LogP contribution in [0.3, 0.4) is 0 Å². The lowest BCUT2D eigenvalue weighted by Crippen LogP contribution is -2.40. The van der Waals surface area contributed by atoms with E-state index in [1.54, 1.807) is 0 Å². The molecule has 94 valence electrons. The van der Waals surface area contributed by atoms with Crippen LogP contribution in [0.15, 0.2) is 0 Å². The van der Waals surface area contributed by atoms with Gasteiger partial charge in [-0.1, -0.05) is 5.92 Å². The number of urea groups is 1. The Bertz CT molecular complexity index is 325. The van der Waals surface area contributed by atoms with Crippen LogP contribution in [0, 0.1) is 12.3 Å². The van der Waals surface area contributed by atoms with Gasteiger partial charge in [-0.2, -0.15) is 0 Å². The molecule has 0 aromatic rings. The van der Waals surface area contributed by atoms with E-state index in [2.05, 4.69) is 11.2 Å². The van der Waals surface area contributed by atoms with E-state index >= 15 is 0 Å². The van der Waals surface area contributed by atoms with Crippen LogP contribution < -0.4 is 10.6 Å². The molecule has 0 aromatic carbocycles. The zero-order valence-electron chi connectivity index (χ0n) is 9.19. The van der Waals surface area contributed by atoms with E-state index in [0.29, 0.717) is 18.1 Å². The number of amides is 3. The number of hydrogen-bond acceptors (Lipinski definition) is 4. The molecule has 0 unspecified atom stereocenters. The van der Waals surface area contributed by atoms with Gasteiger partial charge in [-0.15, -0.1) is 18.2 Å². The Morgan fingerprint density at radius 1 is 1.29 bits per heavy atom. The molecule has 0 aliphatic heterocycles. The number of imide groups is 1. The van der Waals surface area contributed by atoms with E-state index in [1.807, 2.05) is 5.32 Å². The lowest BCUT2D eigenvalue weighted by atomic mass is 10.3. The molecule has 0 rings (SSSR count). The van der Waals surface area contributed by atoms with Gasteiger partial charge in [0.25, 0.3) is 0 Å². The third-order valence-corrected chi connectivity index (χ3v) is 2.40. The molecule has 0 spiro atoms. The number of carboxylic acids is 1. The summed E-state index contributed by atoms with van der Waals surface area (Å²) < 4.78 is 0. The number of carboxylic acid groups (broad SMARTS) is 1. The highest BCUT2D eigenvalue weighted by Crippen LogP contribution is 1.95. The van der Waals surface area contributed by atoms with E-state index < -0.39 is 17.9 Å². The Kier molecular flexibility index (Phi) is 8.60. The van der Waals surface area contributed by atoms with Crippen LogP contribution >= 0.6 is 11.8 Å². The fourth-order valence-electron chi connectivity index (χ4n) is 0.822. The Labute approximate surface area is 104 Å². The highest BCUT2D eigenvalue weighted by atomic mass is 32.2. The number of hydrogen-bond donors (Lipinski definition) is 3. The van der Waals surface area contributed by atoms with E-state index in [9.17, 15) is 14.4 Å². The average molecular weight is 258 g/mol. The topological polar surface area (TPSA) is 95.5 Å². The second-order valence-corrected chi connectivity index (χ2v) is 4.06. The van der Waals surface area contributed by atoms with Gasteiger partial charge in [0.1, 0.15) is 0 Å². The Morgan fingerprint density at radius 2 is 2.00 bits per heavy atom. The number of aliphatic carboxylic acids is 1. The smallest absolute Gasteiger partial charge is 0.321 e. The van der Waals surface area contributed by atoms with Crippen molar-refractivity contribution in [1.82, 2.24) is 10.6 Å². The maximum absolute atomic E-state index is 11.1. The van der Waals surface area contributed by atoms with Gasteiger partial charge in [0, 0.05) is 18.7 Å². The molecule has 3 N–H and O–H groups in total. The predicted molar refractivity (Wildman–Crippen MR) is 64.6 cm³/mol. The molecule has 0 saturated carbocycles. The van der Waals surface area contributed by atoms with Crippen molar-refractivity contribution < 1.29 is 19.5 Å². The van der Waals surface area contributed by atoms with Crippen molar-refractivity contribution in [3.8, 4) is 12.3 Å². The summed E-state index contributed by atoms with van der Waals surface area (Å²) in [5.74, 6) is 1.98. The summed E-state index contributed by atoms with van der Waals surface area (Å²) in [5, 5.41) is 12.8. The van der Waals surface area contributed by atoms with Crippen LogP contribution in [0.2, 0.25) is 0 Å². The molecule has 0 heterocycles. The van der Waals surface area contributed by atoms with Crippen molar-refractivity contribution in [2.24, 2.45) is 0 Å². The van der Waals surface area contributed by atoms with Gasteiger partial charge in [-0.25, -0.2) is 4.79 Å². The first-order valence-electron chi connectivity index (χ1n) is 4.87. The average Bonchev–Trinajstić information content (AvgIpc) is 2.26. The largest absolute Gasteiger partial charge is 0.481 e. The van der Waals surface area contributed by atoms with Crippen molar-refractivity contribution in [3.05, 3.63) is 0 Å². The highest BCUT2D eigenvalue weighted by molar-refractivity contribution is 7.99. The lowest BCUT2D eigenvalue weighted by Gasteiger charge is -2.05. The summed E-state index contributed by atoms with van der Waals surface area (Å²) in [5.41, 5.74) is 0. The van der Waals surface area contributed by atoms with Crippen LogP contribution in [0.4, 0.5) is 4.79 Å². The first-order chi connectivity index (χ1) is 8.06. The molecule has 7 heteroatoms. The van der Waals surface area contributed by atoms with Crippen molar-refractivity contribution >= 4 is 29.7 Å². The van der Waals surface area contributed by atoms with E-state index in [-0.39, 0.29) is 12.8 Å². The first-order valence-corrected chi connectivity index (χ1v) is 6.02. The molecule has 17 heavy (non-hydrogen) atoms. The van der Waals surface area contributed by atoms with E-state index in [0.717, 1.165) is 0 Å². The van der Waals surface area contributed by atoms with E-state index in [4.69, 9.17) is 11.5 Å². The van der Waals surface area contributed by atoms with E-state index in [1.165, 1.54) is 11.8 Å². The van der Waals surface area contributed by atoms with Gasteiger partial charge in [-0.05, 0) is 0 Å². The van der Waals surface area contributed by atoms with Gasteiger partial charge in [0.05, 0.1) is 12.2 Å². The van der Waals surface area contributed by atoms with Gasteiger partial charge in [0.2, 0.25) is 5.91 Å². The minimum atomic E-state index is -1.08. The third kappa shape index (κ3) is 10.6. The molecule has 0 radical (unpaired) electrons. The Morgan fingerprint density at radius 3 is 2.59 bits per heavy atom. The molecule has 0 atom stereocenters. The highest BCUT2D eigenvalue weighted by Gasteiger charge is 2.08. The van der Waals surface area contributed by atoms with Gasteiger partial charge >= 0.3 is 12.0 Å². The Balaban J connectivity index is 3.54. The molecular formula is C10H14N2O4S. The van der Waals surface area contributed by atoms with Crippen molar-refractivity contribution in [3.63, 3.8) is 0 Å². The monoisotopic (exact) mass is 258 g/mol. The summed E-state index contributed by atoms with van der Waals surface area (Å²) in [6.07, 6.45) is 4.52. The fraction of sp³-hybridized carbons (Fsp3) is 0.500. The van der Waals surface area contributed by atoms with Crippen LogP contribution in [-0.4, -0.2) is 41.1 Å². The summed E-state index contributed by atoms with van der Waals surface area (Å²) in [4.78, 5) is 32.3. The van der Waals surface area contributed by atoms with Gasteiger partial charge in [0.15, 0.2) is 0 Å². The number of nitrogens with one attached hydrogen (secondary N) is 2. The van der Waals surface area contributed by atoms with Crippen LogP contribution in [0.1, 0.15) is 12.8 Å². The lowest BCUT2D eigenvalue weighted by molar-refractivity contribution is -0.138. The van der Waals surface area contributed by atoms with Gasteiger partial charge < -0.3 is 10.4 Å². The molecule has 6 nitrogen and oxygen atoms in total. The number of rotatable bonds is 7. The normalized spacial score (nSPS) is 9.12. The standard InChI is InChI=1S/C10H14N2O4S/c1-2-6-17-7-5-11-10(16)12-8(13)3-4-9(14)15/h1H,3-7H2,(H,14,15)(H2,11,12,13,16). The SMILES string of the molecule is C#CCSCCNC(=O)NC(=O)CCC(=O)O. The second kappa shape index (κ2) is 9.54. The maximum Gasteiger partial charge on any atom is 0.321 e. The summed E-state index contributed by atoms with van der Waals surface area (Å²) in [6.45, 7) is 0.393. The van der Waals surface area contributed by atoms with Crippen molar-refractivity contribution in [1.29, 1.82) is 0 Å². The number of thioether (sulfide) groups is 1. The molecule has 0 aromatic heterocycles. The number of carbonyl (C=O) groups is 3. The zero-order valence-corrected chi connectivity index (χ0v) is 10.0. The van der Waals surface area contributed by atoms with Crippen LogP contribution in [0.5, 0.6) is 0 Å². The summed E-state index contributed by atoms with van der Waals surface area (Å²) in [7, 11) is 0. The molecule has 0 bridgehead atoms. The minimum Gasteiger partial charge on any atom is -0.481 e. The number of terminal acetylenes is 1. The third-order valence-electron chi connectivity index (χ3n) is 1.54. The molecular weight excluding hydrogens is 244 g/mol. The molecule has 0 fully saturated rings. The van der Waals surface area contributed by atoms with Crippen molar-refractivity contribution in [2.45, 2.75) is 12.8 Å². The van der Waals surface area contributed by atoms with Gasteiger partial charge in [-0.3, -0.25) is 14.9 Å². The summed E-state index contributed by atoms with van der Waals surface area (Å²) >= 11 is 1.49. The molecule has 0 aliphatic carbocycles. The molecule has 0 aliphatic rings. The quantitative estimate of drug-likeness (QED) is 0.443. The minimum absolute atomic E-state index is 0.214.